The van der Waals surface area contributed by atoms with Crippen LogP contribution in [0.25, 0.3) is 0 Å². The van der Waals surface area contributed by atoms with Crippen molar-refractivity contribution in [3.05, 3.63) is 77.4 Å². The number of carboxylic acids is 1. The molecule has 0 spiro atoms. The van der Waals surface area contributed by atoms with Gasteiger partial charge in [0.15, 0.2) is 0 Å². The van der Waals surface area contributed by atoms with Crippen LogP contribution in [0.5, 0.6) is 5.75 Å². The standard InChI is InChI=1S/C24H24FN3O5S/c1-16(25)14-28(34(31,32)21-6-3-9-26-13-21)22-10-17-4-2-5-18(17)11-23(22)33-15-20-8-7-19(12-27-20)24(29)30/h3,6-13,16H,2,4-5,14-15H2,1H3,(H,29,30)/t16-/m0/s1. The maximum atomic E-state index is 14.2. The molecule has 1 atom stereocenters. The highest BCUT2D eigenvalue weighted by Gasteiger charge is 2.30. The van der Waals surface area contributed by atoms with Gasteiger partial charge in [-0.05, 0) is 73.7 Å². The number of sulfonamides is 1. The van der Waals surface area contributed by atoms with Crippen LogP contribution in [0.1, 0.15) is 40.5 Å². The summed E-state index contributed by atoms with van der Waals surface area (Å²) in [7, 11) is -4.12. The van der Waals surface area contributed by atoms with Crippen molar-refractivity contribution in [3.63, 3.8) is 0 Å². The lowest BCUT2D eigenvalue weighted by atomic mass is 10.1. The van der Waals surface area contributed by atoms with Crippen molar-refractivity contribution in [2.24, 2.45) is 0 Å². The molecular formula is C24H24FN3O5S. The first-order chi connectivity index (χ1) is 16.3. The van der Waals surface area contributed by atoms with E-state index in [1.165, 1.54) is 49.8 Å². The number of aryl methyl sites for hydroxylation is 2. The first-order valence-electron chi connectivity index (χ1n) is 10.8. The van der Waals surface area contributed by atoms with E-state index < -0.39 is 28.7 Å². The van der Waals surface area contributed by atoms with Crippen molar-refractivity contribution >= 4 is 21.7 Å². The van der Waals surface area contributed by atoms with Gasteiger partial charge >= 0.3 is 5.97 Å². The Morgan fingerprint density at radius 1 is 1.21 bits per heavy atom. The molecule has 0 fully saturated rings. The zero-order chi connectivity index (χ0) is 24.3. The fourth-order valence-corrected chi connectivity index (χ4v) is 5.37. The molecule has 34 heavy (non-hydrogen) atoms. The third kappa shape index (κ3) is 5.01. The van der Waals surface area contributed by atoms with Crippen LogP contribution >= 0.6 is 0 Å². The Hall–Kier alpha value is -3.53. The van der Waals surface area contributed by atoms with Crippen LogP contribution in [0, 0.1) is 0 Å². The number of fused-ring (bicyclic) bond motifs is 1. The molecule has 1 aliphatic rings. The van der Waals surface area contributed by atoms with Gasteiger partial charge in [0.25, 0.3) is 10.0 Å². The lowest BCUT2D eigenvalue weighted by Gasteiger charge is -2.27. The van der Waals surface area contributed by atoms with Gasteiger partial charge in [-0.1, -0.05) is 0 Å². The second kappa shape index (κ2) is 9.76. The molecule has 0 saturated carbocycles. The zero-order valence-corrected chi connectivity index (χ0v) is 19.3. The lowest BCUT2D eigenvalue weighted by molar-refractivity contribution is 0.0696. The molecule has 2 aromatic heterocycles. The number of hydrogen-bond acceptors (Lipinski definition) is 6. The molecular weight excluding hydrogens is 461 g/mol. The number of ether oxygens (including phenoxy) is 1. The van der Waals surface area contributed by atoms with Crippen LogP contribution in [-0.4, -0.2) is 42.2 Å². The molecule has 3 aromatic rings. The number of aromatic carboxylic acids is 1. The molecule has 1 aliphatic carbocycles. The summed E-state index contributed by atoms with van der Waals surface area (Å²) < 4.78 is 48.2. The number of halogens is 1. The van der Waals surface area contributed by atoms with Gasteiger partial charge in [-0.3, -0.25) is 14.3 Å². The third-order valence-electron chi connectivity index (χ3n) is 5.53. The van der Waals surface area contributed by atoms with E-state index in [-0.39, 0.29) is 28.5 Å². The van der Waals surface area contributed by atoms with Gasteiger partial charge in [0.05, 0.1) is 23.5 Å². The largest absolute Gasteiger partial charge is 0.485 e. The van der Waals surface area contributed by atoms with Gasteiger partial charge in [-0.2, -0.15) is 0 Å². The summed E-state index contributed by atoms with van der Waals surface area (Å²) in [5, 5.41) is 9.04. The molecule has 0 saturated heterocycles. The minimum Gasteiger partial charge on any atom is -0.485 e. The van der Waals surface area contributed by atoms with Crippen LogP contribution in [0.4, 0.5) is 10.1 Å². The topological polar surface area (TPSA) is 110 Å². The molecule has 0 aliphatic heterocycles. The third-order valence-corrected chi connectivity index (χ3v) is 7.29. The van der Waals surface area contributed by atoms with Crippen molar-refractivity contribution in [2.45, 2.75) is 43.9 Å². The second-order valence-electron chi connectivity index (χ2n) is 8.08. The first-order valence-corrected chi connectivity index (χ1v) is 12.2. The number of hydrogen-bond donors (Lipinski definition) is 1. The van der Waals surface area contributed by atoms with Crippen molar-refractivity contribution in [1.82, 2.24) is 9.97 Å². The number of nitrogens with zero attached hydrogens (tertiary/aromatic N) is 3. The molecule has 4 rings (SSSR count). The zero-order valence-electron chi connectivity index (χ0n) is 18.5. The van der Waals surface area contributed by atoms with E-state index in [0.717, 1.165) is 34.7 Å². The van der Waals surface area contributed by atoms with Gasteiger partial charge in [0.1, 0.15) is 23.4 Å². The lowest BCUT2D eigenvalue weighted by Crippen LogP contribution is -2.36. The molecule has 0 bridgehead atoms. The Morgan fingerprint density at radius 3 is 2.59 bits per heavy atom. The fourth-order valence-electron chi connectivity index (χ4n) is 3.87. The molecule has 8 nitrogen and oxygen atoms in total. The predicted octanol–water partition coefficient (Wildman–Crippen LogP) is 3.80. The van der Waals surface area contributed by atoms with Crippen LogP contribution in [0.3, 0.4) is 0 Å². The van der Waals surface area contributed by atoms with Gasteiger partial charge in [0.2, 0.25) is 0 Å². The van der Waals surface area contributed by atoms with Crippen LogP contribution in [0.2, 0.25) is 0 Å². The second-order valence-corrected chi connectivity index (χ2v) is 9.94. The van der Waals surface area contributed by atoms with Crippen molar-refractivity contribution in [2.75, 3.05) is 10.8 Å². The summed E-state index contributed by atoms with van der Waals surface area (Å²) in [6, 6.07) is 9.44. The van der Waals surface area contributed by atoms with Crippen LogP contribution in [-0.2, 0) is 29.5 Å². The van der Waals surface area contributed by atoms with E-state index in [2.05, 4.69) is 9.97 Å². The number of carboxylic acid groups (broad SMARTS) is 1. The highest BCUT2D eigenvalue weighted by Crippen LogP contribution is 2.38. The Morgan fingerprint density at radius 2 is 1.97 bits per heavy atom. The number of alkyl halides is 1. The Kier molecular flexibility index (Phi) is 6.78. The van der Waals surface area contributed by atoms with Crippen molar-refractivity contribution in [1.29, 1.82) is 0 Å². The minimum atomic E-state index is -4.12. The van der Waals surface area contributed by atoms with Gasteiger partial charge in [-0.25, -0.2) is 17.6 Å². The molecule has 178 valence electrons. The van der Waals surface area contributed by atoms with E-state index in [1.54, 1.807) is 12.1 Å². The molecule has 0 radical (unpaired) electrons. The molecule has 1 aromatic carbocycles. The van der Waals surface area contributed by atoms with E-state index in [0.29, 0.717) is 5.69 Å². The average Bonchev–Trinajstić information content (AvgIpc) is 3.28. The number of benzene rings is 1. The quantitative estimate of drug-likeness (QED) is 0.491. The number of rotatable bonds is 9. The highest BCUT2D eigenvalue weighted by atomic mass is 32.2. The molecule has 0 unspecified atom stereocenters. The number of pyridine rings is 2. The normalized spacial score (nSPS) is 13.8. The Labute approximate surface area is 197 Å². The molecule has 0 amide bonds. The SMILES string of the molecule is C[C@H](F)CN(c1cc2c(cc1OCc1ccc(C(=O)O)cn1)CCC2)S(=O)(=O)c1cccnc1. The smallest absolute Gasteiger partial charge is 0.337 e. The van der Waals surface area contributed by atoms with Gasteiger partial charge in [-0.15, -0.1) is 0 Å². The molecule has 2 heterocycles. The minimum absolute atomic E-state index is 0.0162. The average molecular weight is 486 g/mol. The van der Waals surface area contributed by atoms with Crippen molar-refractivity contribution < 1.29 is 27.4 Å². The monoisotopic (exact) mass is 485 g/mol. The highest BCUT2D eigenvalue weighted by molar-refractivity contribution is 7.92. The fraction of sp³-hybridized carbons (Fsp3) is 0.292. The summed E-state index contributed by atoms with van der Waals surface area (Å²) in [5.41, 5.74) is 2.82. The maximum absolute atomic E-state index is 14.2. The summed E-state index contributed by atoms with van der Waals surface area (Å²) in [6.07, 6.45) is 5.07. The maximum Gasteiger partial charge on any atom is 0.337 e. The summed E-state index contributed by atoms with van der Waals surface area (Å²) >= 11 is 0. The van der Waals surface area contributed by atoms with Crippen LogP contribution < -0.4 is 9.04 Å². The van der Waals surface area contributed by atoms with E-state index in [1.807, 2.05) is 0 Å². The van der Waals surface area contributed by atoms with Crippen molar-refractivity contribution in [3.8, 4) is 5.75 Å². The molecule has 10 heteroatoms. The van der Waals surface area contributed by atoms with Crippen LogP contribution in [0.15, 0.2) is 59.9 Å². The number of aromatic nitrogens is 2. The first kappa shape index (κ1) is 23.6. The predicted molar refractivity (Wildman–Crippen MR) is 123 cm³/mol. The van der Waals surface area contributed by atoms with E-state index >= 15 is 0 Å². The van der Waals surface area contributed by atoms with Gasteiger partial charge in [0, 0.05) is 18.6 Å². The van der Waals surface area contributed by atoms with E-state index in [4.69, 9.17) is 9.84 Å². The Balaban J connectivity index is 1.73. The van der Waals surface area contributed by atoms with E-state index in [9.17, 15) is 17.6 Å². The molecule has 1 N–H and O–H groups in total. The summed E-state index contributed by atoms with van der Waals surface area (Å²) in [4.78, 5) is 19.0. The van der Waals surface area contributed by atoms with Gasteiger partial charge < -0.3 is 9.84 Å². The number of anilines is 1. The summed E-state index contributed by atoms with van der Waals surface area (Å²) in [5.74, 6) is -0.796. The summed E-state index contributed by atoms with van der Waals surface area (Å²) in [6.45, 7) is 0.892. The Bertz CT molecular complexity index is 1280. The number of carbonyl (C=O) groups is 1.